The summed E-state index contributed by atoms with van der Waals surface area (Å²) in [5, 5.41) is 10.7. The lowest BCUT2D eigenvalue weighted by Gasteiger charge is -2.08. The number of halogens is 1. The highest BCUT2D eigenvalue weighted by Crippen LogP contribution is 2.29. The number of rotatable bonds is 4. The number of ether oxygens (including phenoxy) is 1. The summed E-state index contributed by atoms with van der Waals surface area (Å²) in [6.45, 7) is 2.18. The fourth-order valence-electron chi connectivity index (χ4n) is 2.44. The number of benzene rings is 1. The number of aromatic nitrogens is 2. The average Bonchev–Trinajstić information content (AvgIpc) is 2.94. The fourth-order valence-corrected chi connectivity index (χ4v) is 2.44. The molecular formula is C17H15FN2O3. The lowest BCUT2D eigenvalue weighted by atomic mass is 10.2. The summed E-state index contributed by atoms with van der Waals surface area (Å²) < 4.78 is 20.4. The van der Waals surface area contributed by atoms with Crippen molar-refractivity contribution in [1.29, 1.82) is 0 Å². The Labute approximate surface area is 132 Å². The number of nitrogens with zero attached hydrogens (tertiary/aromatic N) is 2. The van der Waals surface area contributed by atoms with Gasteiger partial charge in [0.25, 0.3) is 0 Å². The van der Waals surface area contributed by atoms with Crippen molar-refractivity contribution in [3.8, 4) is 5.75 Å². The maximum atomic E-state index is 13.8. The minimum atomic E-state index is -0.672. The Morgan fingerprint density at radius 2 is 2.13 bits per heavy atom. The molecule has 0 aliphatic rings. The number of carbonyl (C=O) groups excluding carboxylic acids is 1. The van der Waals surface area contributed by atoms with Crippen LogP contribution in [0.1, 0.15) is 23.0 Å². The largest absolute Gasteiger partial charge is 0.505 e. The Kier molecular flexibility index (Phi) is 3.97. The second kappa shape index (κ2) is 6.08. The SMILES string of the molecule is CCOC(=O)c1ncc2c(ccn2Cc2ccccc2F)c1O. The van der Waals surface area contributed by atoms with Crippen molar-refractivity contribution in [2.45, 2.75) is 13.5 Å². The number of aromatic hydroxyl groups is 1. The highest BCUT2D eigenvalue weighted by atomic mass is 19.1. The topological polar surface area (TPSA) is 64.3 Å². The van der Waals surface area contributed by atoms with E-state index in [-0.39, 0.29) is 23.9 Å². The molecule has 0 saturated carbocycles. The van der Waals surface area contributed by atoms with Crippen molar-refractivity contribution < 1.29 is 19.0 Å². The van der Waals surface area contributed by atoms with Crippen molar-refractivity contribution in [3.05, 3.63) is 59.8 Å². The van der Waals surface area contributed by atoms with E-state index in [9.17, 15) is 14.3 Å². The first-order chi connectivity index (χ1) is 11.1. The summed E-state index contributed by atoms with van der Waals surface area (Å²) in [5.41, 5.74) is 1.01. The highest BCUT2D eigenvalue weighted by molar-refractivity contribution is 5.98. The van der Waals surface area contributed by atoms with E-state index < -0.39 is 5.97 Å². The molecule has 0 unspecified atom stereocenters. The molecule has 0 spiro atoms. The van der Waals surface area contributed by atoms with Crippen molar-refractivity contribution in [3.63, 3.8) is 0 Å². The second-order valence-corrected chi connectivity index (χ2v) is 5.01. The van der Waals surface area contributed by atoms with Gasteiger partial charge in [0.05, 0.1) is 24.9 Å². The number of carbonyl (C=O) groups is 1. The molecule has 0 aliphatic heterocycles. The van der Waals surface area contributed by atoms with Crippen LogP contribution in [0.5, 0.6) is 5.75 Å². The third kappa shape index (κ3) is 2.75. The molecule has 118 valence electrons. The monoisotopic (exact) mass is 314 g/mol. The lowest BCUT2D eigenvalue weighted by molar-refractivity contribution is 0.0516. The van der Waals surface area contributed by atoms with Crippen LogP contribution in [0.2, 0.25) is 0 Å². The number of hydrogen-bond acceptors (Lipinski definition) is 4. The van der Waals surface area contributed by atoms with Crippen LogP contribution in [0.25, 0.3) is 10.9 Å². The number of pyridine rings is 1. The van der Waals surface area contributed by atoms with Crippen LogP contribution in [0.15, 0.2) is 42.7 Å². The quantitative estimate of drug-likeness (QED) is 0.752. The third-order valence-corrected chi connectivity index (χ3v) is 3.57. The Morgan fingerprint density at radius 3 is 2.87 bits per heavy atom. The Morgan fingerprint density at radius 1 is 1.35 bits per heavy atom. The first-order valence-electron chi connectivity index (χ1n) is 7.19. The summed E-state index contributed by atoms with van der Waals surface area (Å²) in [6, 6.07) is 8.15. The van der Waals surface area contributed by atoms with E-state index in [1.807, 2.05) is 0 Å². The molecule has 6 heteroatoms. The van der Waals surface area contributed by atoms with E-state index in [4.69, 9.17) is 4.74 Å². The minimum absolute atomic E-state index is 0.122. The van der Waals surface area contributed by atoms with Gasteiger partial charge in [-0.3, -0.25) is 0 Å². The van der Waals surface area contributed by atoms with E-state index in [2.05, 4.69) is 4.98 Å². The van der Waals surface area contributed by atoms with Gasteiger partial charge in [0.15, 0.2) is 11.4 Å². The van der Waals surface area contributed by atoms with Gasteiger partial charge >= 0.3 is 5.97 Å². The molecule has 1 N–H and O–H groups in total. The Bertz CT molecular complexity index is 873. The molecule has 2 heterocycles. The maximum absolute atomic E-state index is 13.8. The van der Waals surface area contributed by atoms with Gasteiger partial charge in [0.1, 0.15) is 5.82 Å². The smallest absolute Gasteiger partial charge is 0.360 e. The standard InChI is InChI=1S/C17H15FN2O3/c1-2-23-17(22)15-16(21)12-7-8-20(14(12)9-19-15)10-11-5-3-4-6-13(11)18/h3-9,21H,2,10H2,1H3. The zero-order chi connectivity index (χ0) is 16.4. The van der Waals surface area contributed by atoms with E-state index in [0.29, 0.717) is 23.0 Å². The first-order valence-corrected chi connectivity index (χ1v) is 7.19. The molecule has 0 radical (unpaired) electrons. The summed E-state index contributed by atoms with van der Waals surface area (Å²) in [7, 11) is 0. The van der Waals surface area contributed by atoms with Crippen LogP contribution < -0.4 is 0 Å². The predicted molar refractivity (Wildman–Crippen MR) is 82.9 cm³/mol. The van der Waals surface area contributed by atoms with Gasteiger partial charge < -0.3 is 14.4 Å². The van der Waals surface area contributed by atoms with Crippen LogP contribution in [-0.4, -0.2) is 27.2 Å². The van der Waals surface area contributed by atoms with E-state index in [0.717, 1.165) is 0 Å². The van der Waals surface area contributed by atoms with Gasteiger partial charge in [-0.1, -0.05) is 18.2 Å². The predicted octanol–water partition coefficient (Wildman–Crippen LogP) is 3.11. The Balaban J connectivity index is 2.00. The van der Waals surface area contributed by atoms with Gasteiger partial charge in [-0.25, -0.2) is 14.2 Å². The van der Waals surface area contributed by atoms with Crippen LogP contribution in [0.4, 0.5) is 4.39 Å². The Hall–Kier alpha value is -2.89. The van der Waals surface area contributed by atoms with Gasteiger partial charge in [-0.05, 0) is 19.1 Å². The van der Waals surface area contributed by atoms with E-state index in [1.54, 1.807) is 42.0 Å². The molecule has 0 saturated heterocycles. The van der Waals surface area contributed by atoms with Gasteiger partial charge in [0.2, 0.25) is 0 Å². The molecule has 3 aromatic rings. The zero-order valence-corrected chi connectivity index (χ0v) is 12.5. The molecule has 0 amide bonds. The zero-order valence-electron chi connectivity index (χ0n) is 12.5. The molecule has 2 aromatic heterocycles. The normalized spacial score (nSPS) is 10.9. The third-order valence-electron chi connectivity index (χ3n) is 3.57. The van der Waals surface area contributed by atoms with Crippen LogP contribution in [0.3, 0.4) is 0 Å². The second-order valence-electron chi connectivity index (χ2n) is 5.01. The van der Waals surface area contributed by atoms with Gasteiger partial charge in [0, 0.05) is 17.1 Å². The summed E-state index contributed by atoms with van der Waals surface area (Å²) in [5.74, 6) is -1.20. The summed E-state index contributed by atoms with van der Waals surface area (Å²) in [4.78, 5) is 15.7. The molecular weight excluding hydrogens is 299 g/mol. The average molecular weight is 314 g/mol. The van der Waals surface area contributed by atoms with Gasteiger partial charge in [-0.15, -0.1) is 0 Å². The number of fused-ring (bicyclic) bond motifs is 1. The van der Waals surface area contributed by atoms with Crippen molar-refractivity contribution in [2.75, 3.05) is 6.61 Å². The first kappa shape index (κ1) is 15.0. The molecule has 23 heavy (non-hydrogen) atoms. The van der Waals surface area contributed by atoms with Crippen LogP contribution in [0, 0.1) is 5.82 Å². The fraction of sp³-hybridized carbons (Fsp3) is 0.176. The van der Waals surface area contributed by atoms with E-state index >= 15 is 0 Å². The molecule has 0 aliphatic carbocycles. The number of esters is 1. The van der Waals surface area contributed by atoms with Crippen molar-refractivity contribution in [1.82, 2.24) is 9.55 Å². The van der Waals surface area contributed by atoms with Crippen molar-refractivity contribution >= 4 is 16.9 Å². The van der Waals surface area contributed by atoms with Crippen LogP contribution in [-0.2, 0) is 11.3 Å². The molecule has 0 bridgehead atoms. The van der Waals surface area contributed by atoms with Gasteiger partial charge in [-0.2, -0.15) is 0 Å². The molecule has 0 fully saturated rings. The minimum Gasteiger partial charge on any atom is -0.505 e. The molecule has 3 rings (SSSR count). The highest BCUT2D eigenvalue weighted by Gasteiger charge is 2.18. The summed E-state index contributed by atoms with van der Waals surface area (Å²) in [6.07, 6.45) is 3.19. The van der Waals surface area contributed by atoms with Crippen molar-refractivity contribution in [2.24, 2.45) is 0 Å². The maximum Gasteiger partial charge on any atom is 0.360 e. The number of hydrogen-bond donors (Lipinski definition) is 1. The summed E-state index contributed by atoms with van der Waals surface area (Å²) >= 11 is 0. The van der Waals surface area contributed by atoms with E-state index in [1.165, 1.54) is 12.3 Å². The molecule has 0 atom stereocenters. The molecule has 1 aromatic carbocycles. The lowest BCUT2D eigenvalue weighted by Crippen LogP contribution is -2.08. The molecule has 5 nitrogen and oxygen atoms in total. The van der Waals surface area contributed by atoms with Crippen LogP contribution >= 0.6 is 0 Å².